The summed E-state index contributed by atoms with van der Waals surface area (Å²) in [4.78, 5) is 20.2. The summed E-state index contributed by atoms with van der Waals surface area (Å²) >= 11 is 3.18. The molecule has 0 aliphatic heterocycles. The molecule has 0 saturated carbocycles. The fourth-order valence-corrected chi connectivity index (χ4v) is 2.39. The minimum Gasteiger partial charge on any atom is -0.340 e. The molecular weight excluding hydrogens is 330 g/mol. The minimum atomic E-state index is 0.0353. The van der Waals surface area contributed by atoms with Crippen molar-refractivity contribution in [1.29, 1.82) is 0 Å². The fourth-order valence-electron chi connectivity index (χ4n) is 2.07. The summed E-state index contributed by atoms with van der Waals surface area (Å²) in [5.41, 5.74) is 2.34. The molecule has 5 heteroatoms. The van der Waals surface area contributed by atoms with Crippen molar-refractivity contribution >= 4 is 44.1 Å². The van der Waals surface area contributed by atoms with Crippen LogP contribution in [-0.4, -0.2) is 21.1 Å². The quantitative estimate of drug-likeness (QED) is 0.576. The van der Waals surface area contributed by atoms with Crippen molar-refractivity contribution in [2.24, 2.45) is 0 Å². The Hall–Kier alpha value is -2.27. The zero-order chi connectivity index (χ0) is 14.7. The second-order valence-electron chi connectivity index (χ2n) is 4.50. The van der Waals surface area contributed by atoms with E-state index in [1.54, 1.807) is 12.1 Å². The Bertz CT molecular complexity index is 790. The maximum absolute atomic E-state index is 11.7. The average Bonchev–Trinajstić information content (AvgIpc) is 2.55. The number of anilines is 2. The molecule has 0 radical (unpaired) electrons. The Labute approximate surface area is 130 Å². The van der Waals surface area contributed by atoms with Gasteiger partial charge in [0.1, 0.15) is 12.1 Å². The number of ketones is 1. The van der Waals surface area contributed by atoms with E-state index in [0.717, 1.165) is 22.4 Å². The van der Waals surface area contributed by atoms with Gasteiger partial charge in [0.25, 0.3) is 0 Å². The van der Waals surface area contributed by atoms with Crippen LogP contribution in [0.1, 0.15) is 10.4 Å². The molecule has 0 amide bonds. The second kappa shape index (κ2) is 6.01. The van der Waals surface area contributed by atoms with Crippen molar-refractivity contribution in [1.82, 2.24) is 9.97 Å². The van der Waals surface area contributed by atoms with Gasteiger partial charge < -0.3 is 5.32 Å². The molecule has 1 N–H and O–H groups in total. The third kappa shape index (κ3) is 2.92. The summed E-state index contributed by atoms with van der Waals surface area (Å²) in [6.07, 6.45) is 1.50. The summed E-state index contributed by atoms with van der Waals surface area (Å²) in [7, 11) is 0. The normalized spacial score (nSPS) is 10.5. The maximum atomic E-state index is 11.7. The van der Waals surface area contributed by atoms with Crippen LogP contribution in [0.3, 0.4) is 0 Å². The molecule has 0 fully saturated rings. The smallest absolute Gasteiger partial charge is 0.173 e. The van der Waals surface area contributed by atoms with Gasteiger partial charge in [0.2, 0.25) is 0 Å². The van der Waals surface area contributed by atoms with Crippen LogP contribution in [0.25, 0.3) is 10.9 Å². The van der Waals surface area contributed by atoms with E-state index >= 15 is 0 Å². The zero-order valence-corrected chi connectivity index (χ0v) is 12.7. The third-order valence-corrected chi connectivity index (χ3v) is 3.63. The largest absolute Gasteiger partial charge is 0.340 e. The van der Waals surface area contributed by atoms with Crippen LogP contribution in [0.2, 0.25) is 0 Å². The first kappa shape index (κ1) is 13.7. The first-order valence-corrected chi connectivity index (χ1v) is 7.56. The minimum absolute atomic E-state index is 0.0353. The molecule has 4 nitrogen and oxygen atoms in total. The first-order valence-electron chi connectivity index (χ1n) is 6.44. The highest BCUT2D eigenvalue weighted by Crippen LogP contribution is 2.23. The number of nitrogens with one attached hydrogen (secondary N) is 1. The van der Waals surface area contributed by atoms with Gasteiger partial charge in [-0.2, -0.15) is 0 Å². The number of carbonyl (C=O) groups excluding carboxylic acids is 1. The molecule has 0 atom stereocenters. The van der Waals surface area contributed by atoms with Gasteiger partial charge in [-0.15, -0.1) is 0 Å². The molecule has 2 aromatic carbocycles. The third-order valence-electron chi connectivity index (χ3n) is 3.12. The molecule has 1 aromatic heterocycles. The van der Waals surface area contributed by atoms with E-state index in [1.807, 2.05) is 36.4 Å². The van der Waals surface area contributed by atoms with Gasteiger partial charge in [-0.25, -0.2) is 9.97 Å². The SMILES string of the molecule is O=C(CBr)c1ccc2c(Nc3ccccc3)ncnc2c1. The van der Waals surface area contributed by atoms with Gasteiger partial charge >= 0.3 is 0 Å². The van der Waals surface area contributed by atoms with E-state index in [4.69, 9.17) is 0 Å². The van der Waals surface area contributed by atoms with E-state index in [1.165, 1.54) is 6.33 Å². The van der Waals surface area contributed by atoms with Gasteiger partial charge in [-0.1, -0.05) is 40.2 Å². The van der Waals surface area contributed by atoms with Crippen LogP contribution in [0.5, 0.6) is 0 Å². The molecular formula is C16H12BrN3O. The Morgan fingerprint density at radius 1 is 1.10 bits per heavy atom. The van der Waals surface area contributed by atoms with Crippen molar-refractivity contribution in [2.75, 3.05) is 10.6 Å². The predicted molar refractivity (Wildman–Crippen MR) is 87.4 cm³/mol. The molecule has 0 saturated heterocycles. The molecule has 21 heavy (non-hydrogen) atoms. The molecule has 104 valence electrons. The number of para-hydroxylation sites is 1. The topological polar surface area (TPSA) is 54.9 Å². The lowest BCUT2D eigenvalue weighted by Gasteiger charge is -2.08. The number of Topliss-reactive ketones (excluding diaryl/α,β-unsaturated/α-hetero) is 1. The molecule has 3 aromatic rings. The number of carbonyl (C=O) groups is 1. The van der Waals surface area contributed by atoms with E-state index < -0.39 is 0 Å². The van der Waals surface area contributed by atoms with Gasteiger partial charge in [0, 0.05) is 16.6 Å². The Balaban J connectivity index is 2.02. The van der Waals surface area contributed by atoms with Crippen LogP contribution in [0.15, 0.2) is 54.9 Å². The van der Waals surface area contributed by atoms with Crippen LogP contribution in [0.4, 0.5) is 11.5 Å². The van der Waals surface area contributed by atoms with Crippen molar-refractivity contribution in [2.45, 2.75) is 0 Å². The second-order valence-corrected chi connectivity index (χ2v) is 5.06. The lowest BCUT2D eigenvalue weighted by Crippen LogP contribution is -2.01. The molecule has 0 spiro atoms. The van der Waals surface area contributed by atoms with Crippen LogP contribution >= 0.6 is 15.9 Å². The van der Waals surface area contributed by atoms with E-state index in [9.17, 15) is 4.79 Å². The van der Waals surface area contributed by atoms with Crippen LogP contribution in [-0.2, 0) is 0 Å². The zero-order valence-electron chi connectivity index (χ0n) is 11.1. The maximum Gasteiger partial charge on any atom is 0.173 e. The van der Waals surface area contributed by atoms with E-state index in [-0.39, 0.29) is 5.78 Å². The number of hydrogen-bond donors (Lipinski definition) is 1. The number of rotatable bonds is 4. The summed E-state index contributed by atoms with van der Waals surface area (Å²) in [5, 5.41) is 4.45. The van der Waals surface area contributed by atoms with Gasteiger partial charge in [0.05, 0.1) is 10.8 Å². The number of fused-ring (bicyclic) bond motifs is 1. The summed E-state index contributed by atoms with van der Waals surface area (Å²) in [5.74, 6) is 0.761. The molecule has 0 aliphatic carbocycles. The number of halogens is 1. The van der Waals surface area contributed by atoms with Crippen molar-refractivity contribution in [3.8, 4) is 0 Å². The Morgan fingerprint density at radius 2 is 1.90 bits per heavy atom. The van der Waals surface area contributed by atoms with Gasteiger partial charge in [-0.05, 0) is 24.3 Å². The summed E-state index contributed by atoms with van der Waals surface area (Å²) in [6, 6.07) is 15.3. The number of hydrogen-bond acceptors (Lipinski definition) is 4. The number of alkyl halides is 1. The Kier molecular flexibility index (Phi) is 3.92. The standard InChI is InChI=1S/C16H12BrN3O/c17-9-15(21)11-6-7-13-14(8-11)18-10-19-16(13)20-12-4-2-1-3-5-12/h1-8,10H,9H2,(H,18,19,20). The Morgan fingerprint density at radius 3 is 2.67 bits per heavy atom. The molecule has 0 bridgehead atoms. The molecule has 0 aliphatic rings. The average molecular weight is 342 g/mol. The number of nitrogens with zero attached hydrogens (tertiary/aromatic N) is 2. The van der Waals surface area contributed by atoms with Gasteiger partial charge in [0.15, 0.2) is 5.78 Å². The molecule has 3 rings (SSSR count). The lowest BCUT2D eigenvalue weighted by molar-refractivity contribution is 0.102. The highest BCUT2D eigenvalue weighted by Gasteiger charge is 2.08. The summed E-state index contributed by atoms with van der Waals surface area (Å²) in [6.45, 7) is 0. The van der Waals surface area contributed by atoms with E-state index in [2.05, 4.69) is 31.2 Å². The number of benzene rings is 2. The fraction of sp³-hybridized carbons (Fsp3) is 0.0625. The lowest BCUT2D eigenvalue weighted by atomic mass is 10.1. The van der Waals surface area contributed by atoms with Crippen molar-refractivity contribution < 1.29 is 4.79 Å². The van der Waals surface area contributed by atoms with Crippen molar-refractivity contribution in [3.05, 3.63) is 60.4 Å². The molecule has 1 heterocycles. The monoisotopic (exact) mass is 341 g/mol. The summed E-state index contributed by atoms with van der Waals surface area (Å²) < 4.78 is 0. The number of aromatic nitrogens is 2. The van der Waals surface area contributed by atoms with Crippen LogP contribution in [0, 0.1) is 0 Å². The predicted octanol–water partition coefficient (Wildman–Crippen LogP) is 3.95. The van der Waals surface area contributed by atoms with Gasteiger partial charge in [-0.3, -0.25) is 4.79 Å². The van der Waals surface area contributed by atoms with E-state index in [0.29, 0.717) is 10.9 Å². The highest BCUT2D eigenvalue weighted by atomic mass is 79.9. The molecule has 0 unspecified atom stereocenters. The highest BCUT2D eigenvalue weighted by molar-refractivity contribution is 9.09. The van der Waals surface area contributed by atoms with Crippen LogP contribution < -0.4 is 5.32 Å². The van der Waals surface area contributed by atoms with Crippen molar-refractivity contribution in [3.63, 3.8) is 0 Å². The first-order chi connectivity index (χ1) is 10.3.